The van der Waals surface area contributed by atoms with Crippen LogP contribution in [0, 0.1) is 6.92 Å². The second-order valence-electron chi connectivity index (χ2n) is 3.35. The van der Waals surface area contributed by atoms with Crippen molar-refractivity contribution in [2.45, 2.75) is 20.8 Å². The lowest BCUT2D eigenvalue weighted by Crippen LogP contribution is -2.23. The molecule has 2 heteroatoms. The zero-order valence-corrected chi connectivity index (χ0v) is 9.08. The predicted octanol–water partition coefficient (Wildman–Crippen LogP) is 2.65. The van der Waals surface area contributed by atoms with E-state index in [1.165, 1.54) is 0 Å². The van der Waals surface area contributed by atoms with Crippen LogP contribution < -0.4 is 4.90 Å². The highest BCUT2D eigenvalue weighted by Gasteiger charge is 2.06. The van der Waals surface area contributed by atoms with Crippen molar-refractivity contribution in [2.24, 2.45) is 0 Å². The first-order valence-corrected chi connectivity index (χ1v) is 5.03. The highest BCUT2D eigenvalue weighted by Crippen LogP contribution is 2.19. The molecular weight excluding hydrogens is 174 g/mol. The van der Waals surface area contributed by atoms with Gasteiger partial charge in [0.05, 0.1) is 0 Å². The van der Waals surface area contributed by atoms with E-state index in [1.807, 2.05) is 25.1 Å². The first kappa shape index (κ1) is 10.8. The molecule has 0 saturated heterocycles. The average molecular weight is 191 g/mol. The molecule has 1 rings (SSSR count). The van der Waals surface area contributed by atoms with E-state index in [1.54, 1.807) is 0 Å². The van der Waals surface area contributed by atoms with Gasteiger partial charge in [-0.25, -0.2) is 0 Å². The highest BCUT2D eigenvalue weighted by atomic mass is 16.1. The number of hydrogen-bond acceptors (Lipinski definition) is 2. The number of aryl methyl sites for hydroxylation is 1. The van der Waals surface area contributed by atoms with Gasteiger partial charge in [0, 0.05) is 24.3 Å². The minimum Gasteiger partial charge on any atom is -0.372 e. The molecule has 0 unspecified atom stereocenters. The topological polar surface area (TPSA) is 20.3 Å². The third kappa shape index (κ3) is 2.13. The maximum absolute atomic E-state index is 10.9. The van der Waals surface area contributed by atoms with Crippen molar-refractivity contribution in [1.82, 2.24) is 0 Å². The maximum atomic E-state index is 10.9. The molecule has 0 saturated carbocycles. The molecule has 0 aromatic heterocycles. The number of benzene rings is 1. The van der Waals surface area contributed by atoms with Gasteiger partial charge in [-0.3, -0.25) is 4.79 Å². The summed E-state index contributed by atoms with van der Waals surface area (Å²) >= 11 is 0. The van der Waals surface area contributed by atoms with Crippen LogP contribution in [0.25, 0.3) is 0 Å². The molecule has 1 aromatic carbocycles. The van der Waals surface area contributed by atoms with Gasteiger partial charge in [0.2, 0.25) is 0 Å². The van der Waals surface area contributed by atoms with Gasteiger partial charge in [0.25, 0.3) is 0 Å². The van der Waals surface area contributed by atoms with Crippen LogP contribution in [0.4, 0.5) is 5.69 Å². The van der Waals surface area contributed by atoms with E-state index >= 15 is 0 Å². The van der Waals surface area contributed by atoms with E-state index in [-0.39, 0.29) is 0 Å². The number of carbonyl (C=O) groups excluding carboxylic acids is 1. The summed E-state index contributed by atoms with van der Waals surface area (Å²) in [5.41, 5.74) is 2.95. The van der Waals surface area contributed by atoms with Crippen molar-refractivity contribution in [3.63, 3.8) is 0 Å². The van der Waals surface area contributed by atoms with Crippen LogP contribution in [0.5, 0.6) is 0 Å². The number of anilines is 1. The predicted molar refractivity (Wildman–Crippen MR) is 60.1 cm³/mol. The molecule has 0 radical (unpaired) electrons. The Morgan fingerprint density at radius 3 is 2.43 bits per heavy atom. The molecule has 0 aliphatic heterocycles. The van der Waals surface area contributed by atoms with Crippen LogP contribution in [0.1, 0.15) is 29.8 Å². The van der Waals surface area contributed by atoms with Crippen LogP contribution in [0.2, 0.25) is 0 Å². The Labute approximate surface area is 85.5 Å². The molecule has 0 amide bonds. The summed E-state index contributed by atoms with van der Waals surface area (Å²) in [5.74, 6) is 0. The third-order valence-electron chi connectivity index (χ3n) is 2.41. The molecule has 0 aliphatic rings. The number of aldehydes is 1. The SMILES string of the molecule is CCN(CC)c1ccc(C)cc1C=O. The molecule has 76 valence electrons. The fourth-order valence-electron chi connectivity index (χ4n) is 1.62. The second kappa shape index (κ2) is 4.80. The van der Waals surface area contributed by atoms with Gasteiger partial charge in [-0.2, -0.15) is 0 Å². The standard InChI is InChI=1S/C12H17NO/c1-4-13(5-2)12-7-6-10(3)8-11(12)9-14/h6-9H,4-5H2,1-3H3. The molecule has 0 N–H and O–H groups in total. The highest BCUT2D eigenvalue weighted by molar-refractivity contribution is 5.85. The molecule has 1 aromatic rings. The van der Waals surface area contributed by atoms with E-state index in [9.17, 15) is 4.79 Å². The minimum atomic E-state index is 0.786. The Bertz CT molecular complexity index is 316. The normalized spacial score (nSPS) is 9.93. The zero-order valence-electron chi connectivity index (χ0n) is 9.08. The average Bonchev–Trinajstić information content (AvgIpc) is 2.21. The maximum Gasteiger partial charge on any atom is 0.152 e. The van der Waals surface area contributed by atoms with Crippen molar-refractivity contribution < 1.29 is 4.79 Å². The molecule has 0 atom stereocenters. The summed E-state index contributed by atoms with van der Waals surface area (Å²) < 4.78 is 0. The summed E-state index contributed by atoms with van der Waals surface area (Å²) in [6.07, 6.45) is 0.931. The Morgan fingerprint density at radius 2 is 1.93 bits per heavy atom. The van der Waals surface area contributed by atoms with E-state index in [0.29, 0.717) is 0 Å². The van der Waals surface area contributed by atoms with Crippen LogP contribution in [0.15, 0.2) is 18.2 Å². The Kier molecular flexibility index (Phi) is 3.69. The molecular formula is C12H17NO. The van der Waals surface area contributed by atoms with Gasteiger partial charge in [-0.15, -0.1) is 0 Å². The number of carbonyl (C=O) groups is 1. The summed E-state index contributed by atoms with van der Waals surface area (Å²) in [7, 11) is 0. The molecule has 0 heterocycles. The van der Waals surface area contributed by atoms with Gasteiger partial charge in [-0.1, -0.05) is 11.6 Å². The van der Waals surface area contributed by atoms with Crippen LogP contribution in [-0.2, 0) is 0 Å². The van der Waals surface area contributed by atoms with Crippen molar-refractivity contribution >= 4 is 12.0 Å². The van der Waals surface area contributed by atoms with Gasteiger partial charge in [-0.05, 0) is 32.9 Å². The van der Waals surface area contributed by atoms with Gasteiger partial charge < -0.3 is 4.90 Å². The molecule has 0 bridgehead atoms. The molecule has 14 heavy (non-hydrogen) atoms. The Balaban J connectivity index is 3.12. The van der Waals surface area contributed by atoms with Crippen molar-refractivity contribution in [3.8, 4) is 0 Å². The smallest absolute Gasteiger partial charge is 0.152 e. The van der Waals surface area contributed by atoms with E-state index in [2.05, 4.69) is 18.7 Å². The Morgan fingerprint density at radius 1 is 1.29 bits per heavy atom. The quantitative estimate of drug-likeness (QED) is 0.682. The summed E-state index contributed by atoms with van der Waals surface area (Å²) in [6, 6.07) is 5.99. The van der Waals surface area contributed by atoms with Crippen molar-refractivity contribution in [2.75, 3.05) is 18.0 Å². The lowest BCUT2D eigenvalue weighted by molar-refractivity contribution is 0.112. The fourth-order valence-corrected chi connectivity index (χ4v) is 1.62. The van der Waals surface area contributed by atoms with E-state index in [4.69, 9.17) is 0 Å². The fraction of sp³-hybridized carbons (Fsp3) is 0.417. The number of nitrogens with zero attached hydrogens (tertiary/aromatic N) is 1. The first-order chi connectivity index (χ1) is 6.72. The Hall–Kier alpha value is -1.31. The lowest BCUT2D eigenvalue weighted by Gasteiger charge is -2.22. The van der Waals surface area contributed by atoms with Crippen molar-refractivity contribution in [1.29, 1.82) is 0 Å². The zero-order chi connectivity index (χ0) is 10.6. The van der Waals surface area contributed by atoms with E-state index in [0.717, 1.165) is 36.2 Å². The van der Waals surface area contributed by atoms with Gasteiger partial charge in [0.1, 0.15) is 0 Å². The van der Waals surface area contributed by atoms with Crippen molar-refractivity contribution in [3.05, 3.63) is 29.3 Å². The van der Waals surface area contributed by atoms with Crippen LogP contribution >= 0.6 is 0 Å². The monoisotopic (exact) mass is 191 g/mol. The van der Waals surface area contributed by atoms with Crippen LogP contribution in [-0.4, -0.2) is 19.4 Å². The second-order valence-corrected chi connectivity index (χ2v) is 3.35. The summed E-state index contributed by atoms with van der Waals surface area (Å²) in [4.78, 5) is 13.1. The van der Waals surface area contributed by atoms with Gasteiger partial charge >= 0.3 is 0 Å². The molecule has 0 fully saturated rings. The number of rotatable bonds is 4. The summed E-state index contributed by atoms with van der Waals surface area (Å²) in [6.45, 7) is 8.05. The van der Waals surface area contributed by atoms with Gasteiger partial charge in [0.15, 0.2) is 6.29 Å². The lowest BCUT2D eigenvalue weighted by atomic mass is 10.1. The number of hydrogen-bond donors (Lipinski definition) is 0. The summed E-state index contributed by atoms with van der Waals surface area (Å²) in [5, 5.41) is 0. The van der Waals surface area contributed by atoms with Crippen LogP contribution in [0.3, 0.4) is 0 Å². The first-order valence-electron chi connectivity index (χ1n) is 5.03. The minimum absolute atomic E-state index is 0.786. The largest absolute Gasteiger partial charge is 0.372 e. The molecule has 2 nitrogen and oxygen atoms in total. The third-order valence-corrected chi connectivity index (χ3v) is 2.41. The molecule has 0 spiro atoms. The molecule has 0 aliphatic carbocycles. The van der Waals surface area contributed by atoms with E-state index < -0.39 is 0 Å².